The van der Waals surface area contributed by atoms with Crippen molar-refractivity contribution in [3.8, 4) is 0 Å². The number of rotatable bonds is 45. The van der Waals surface area contributed by atoms with Crippen LogP contribution < -0.4 is 0 Å². The monoisotopic (exact) mass is 923 g/mol. The second kappa shape index (κ2) is 53.9. The molecule has 0 saturated heterocycles. The van der Waals surface area contributed by atoms with E-state index in [0.717, 1.165) is 89.9 Å². The Morgan fingerprint density at radius 2 is 0.582 bits per heavy atom. The van der Waals surface area contributed by atoms with E-state index in [-0.39, 0.29) is 44.4 Å². The molecule has 0 rings (SSSR count). The topological polar surface area (TPSA) is 78.9 Å². The Labute approximate surface area is 410 Å². The van der Waals surface area contributed by atoms with Gasteiger partial charge in [-0.1, -0.05) is 192 Å². The van der Waals surface area contributed by atoms with E-state index < -0.39 is 12.1 Å². The van der Waals surface area contributed by atoms with Gasteiger partial charge in [-0.3, -0.25) is 14.4 Å². The fraction of sp³-hybridized carbons (Fsp3) is 0.557. The molecule has 0 saturated carbocycles. The molecule has 6 heteroatoms. The van der Waals surface area contributed by atoms with Crippen LogP contribution in [0.5, 0.6) is 0 Å². The number of ether oxygens (including phenoxy) is 3. The lowest BCUT2D eigenvalue weighted by atomic mass is 10.2. The summed E-state index contributed by atoms with van der Waals surface area (Å²) in [5.41, 5.74) is 0. The first-order valence-electron chi connectivity index (χ1n) is 26.3. The smallest absolute Gasteiger partial charge is 0.306 e. The molecule has 0 N–H and O–H groups in total. The molecular weight excluding hydrogens is 829 g/mol. The van der Waals surface area contributed by atoms with Gasteiger partial charge in [-0.15, -0.1) is 0 Å². The van der Waals surface area contributed by atoms with Crippen molar-refractivity contribution in [2.45, 2.75) is 207 Å². The highest BCUT2D eigenvalue weighted by molar-refractivity contribution is 5.71. The van der Waals surface area contributed by atoms with Crippen molar-refractivity contribution >= 4 is 17.9 Å². The first-order valence-corrected chi connectivity index (χ1v) is 26.3. The minimum absolute atomic E-state index is 0.145. The van der Waals surface area contributed by atoms with Crippen molar-refractivity contribution in [1.29, 1.82) is 0 Å². The second-order valence-electron chi connectivity index (χ2n) is 16.7. The molecule has 0 aromatic carbocycles. The number of carbonyl (C=O) groups excluding carboxylic acids is 3. The van der Waals surface area contributed by atoms with Crippen LogP contribution in [0.4, 0.5) is 0 Å². The van der Waals surface area contributed by atoms with Gasteiger partial charge in [0.15, 0.2) is 6.10 Å². The number of allylic oxidation sites excluding steroid dienone is 24. The van der Waals surface area contributed by atoms with Gasteiger partial charge in [-0.25, -0.2) is 0 Å². The Balaban J connectivity index is 4.67. The molecule has 0 aliphatic heterocycles. The lowest BCUT2D eigenvalue weighted by Gasteiger charge is -2.18. The second-order valence-corrected chi connectivity index (χ2v) is 16.7. The van der Waals surface area contributed by atoms with Gasteiger partial charge in [0.2, 0.25) is 0 Å². The summed E-state index contributed by atoms with van der Waals surface area (Å²) in [6.45, 7) is 6.31. The van der Waals surface area contributed by atoms with Crippen molar-refractivity contribution in [2.24, 2.45) is 0 Å². The third-order valence-corrected chi connectivity index (χ3v) is 10.3. The van der Waals surface area contributed by atoms with Crippen LogP contribution >= 0.6 is 0 Å². The number of unbranched alkanes of at least 4 members (excludes halogenated alkanes) is 10. The highest BCUT2D eigenvalue weighted by atomic mass is 16.6. The van der Waals surface area contributed by atoms with E-state index in [9.17, 15) is 14.4 Å². The Bertz CT molecular complexity index is 1530. The van der Waals surface area contributed by atoms with Crippen molar-refractivity contribution in [2.75, 3.05) is 13.2 Å². The Kier molecular flexibility index (Phi) is 50.1. The predicted molar refractivity (Wildman–Crippen MR) is 288 cm³/mol. The molecule has 0 fully saturated rings. The van der Waals surface area contributed by atoms with Gasteiger partial charge < -0.3 is 14.2 Å². The van der Waals surface area contributed by atoms with E-state index in [1.165, 1.54) is 51.4 Å². The molecule has 0 aromatic heterocycles. The lowest BCUT2D eigenvalue weighted by molar-refractivity contribution is -0.167. The Morgan fingerprint density at radius 1 is 0.313 bits per heavy atom. The number of esters is 3. The van der Waals surface area contributed by atoms with Crippen LogP contribution in [0.1, 0.15) is 201 Å². The lowest BCUT2D eigenvalue weighted by Crippen LogP contribution is -2.30. The Morgan fingerprint density at radius 3 is 0.910 bits per heavy atom. The summed E-state index contributed by atoms with van der Waals surface area (Å²) in [5, 5.41) is 0. The quantitative estimate of drug-likeness (QED) is 0.0262. The van der Waals surface area contributed by atoms with Crippen LogP contribution in [-0.2, 0) is 28.6 Å². The minimum Gasteiger partial charge on any atom is -0.462 e. The molecular formula is C61H94O6. The van der Waals surface area contributed by atoms with E-state index in [0.29, 0.717) is 19.3 Å². The van der Waals surface area contributed by atoms with Gasteiger partial charge in [0.25, 0.3) is 0 Å². The summed E-state index contributed by atoms with van der Waals surface area (Å²) < 4.78 is 16.7. The van der Waals surface area contributed by atoms with Gasteiger partial charge in [0.1, 0.15) is 13.2 Å². The number of hydrogen-bond acceptors (Lipinski definition) is 6. The summed E-state index contributed by atoms with van der Waals surface area (Å²) in [4.78, 5) is 38.0. The van der Waals surface area contributed by atoms with Crippen LogP contribution in [0, 0.1) is 0 Å². The van der Waals surface area contributed by atoms with Crippen LogP contribution in [0.2, 0.25) is 0 Å². The van der Waals surface area contributed by atoms with Gasteiger partial charge in [0, 0.05) is 19.3 Å². The summed E-state index contributed by atoms with van der Waals surface area (Å²) in [7, 11) is 0. The maximum absolute atomic E-state index is 12.8. The Hall–Kier alpha value is -4.71. The van der Waals surface area contributed by atoms with E-state index in [2.05, 4.69) is 167 Å². The fourth-order valence-corrected chi connectivity index (χ4v) is 6.36. The summed E-state index contributed by atoms with van der Waals surface area (Å²) in [5.74, 6) is -1.11. The maximum Gasteiger partial charge on any atom is 0.306 e. The fourth-order valence-electron chi connectivity index (χ4n) is 6.36. The molecule has 0 amide bonds. The summed E-state index contributed by atoms with van der Waals surface area (Å²) in [6, 6.07) is 0. The third kappa shape index (κ3) is 52.1. The predicted octanol–water partition coefficient (Wildman–Crippen LogP) is 17.6. The van der Waals surface area contributed by atoms with Crippen LogP contribution in [-0.4, -0.2) is 37.2 Å². The molecule has 1 atom stereocenters. The van der Waals surface area contributed by atoms with Crippen molar-refractivity contribution < 1.29 is 28.6 Å². The van der Waals surface area contributed by atoms with Gasteiger partial charge in [-0.05, 0) is 135 Å². The van der Waals surface area contributed by atoms with E-state index in [1.807, 2.05) is 0 Å². The van der Waals surface area contributed by atoms with E-state index in [4.69, 9.17) is 14.2 Å². The van der Waals surface area contributed by atoms with Crippen LogP contribution in [0.15, 0.2) is 146 Å². The molecule has 6 nitrogen and oxygen atoms in total. The standard InChI is InChI=1S/C61H94O6/c1-4-7-10-13-16-19-22-25-28-30-33-36-39-42-45-48-51-54-60(63)66-57-58(56-65-59(62)53-50-47-44-41-38-35-32-27-24-21-18-15-12-9-6-3)67-61(64)55-52-49-46-43-40-37-34-31-29-26-23-20-17-14-11-8-5-2/h9,12,16-21,25-29,32-34,36-38,41-43,45-46,58H,4-8,10-11,13-15,22-24,30-31,35,39-40,44,47-57H2,1-3H3/b12-9-,19-16-,20-17-,21-18-,28-25-,29-26-,32-27-,36-33-,37-34-,41-38-,45-42-,46-43-/t58-/m1/s1. The van der Waals surface area contributed by atoms with E-state index >= 15 is 0 Å². The van der Waals surface area contributed by atoms with Crippen LogP contribution in [0.25, 0.3) is 0 Å². The zero-order chi connectivity index (χ0) is 48.6. The van der Waals surface area contributed by atoms with Crippen molar-refractivity contribution in [1.82, 2.24) is 0 Å². The van der Waals surface area contributed by atoms with Gasteiger partial charge >= 0.3 is 17.9 Å². The largest absolute Gasteiger partial charge is 0.462 e. The number of carbonyl (C=O) groups is 3. The average molecular weight is 923 g/mol. The molecule has 0 bridgehead atoms. The first-order chi connectivity index (χ1) is 33.0. The third-order valence-electron chi connectivity index (χ3n) is 10.3. The molecule has 0 aliphatic carbocycles. The summed E-state index contributed by atoms with van der Waals surface area (Å²) >= 11 is 0. The number of hydrogen-bond donors (Lipinski definition) is 0. The molecule has 0 heterocycles. The van der Waals surface area contributed by atoms with Gasteiger partial charge in [-0.2, -0.15) is 0 Å². The summed E-state index contributed by atoms with van der Waals surface area (Å²) in [6.07, 6.45) is 77.0. The normalized spacial score (nSPS) is 13.3. The van der Waals surface area contributed by atoms with Crippen molar-refractivity contribution in [3.05, 3.63) is 146 Å². The molecule has 0 aromatic rings. The SMILES string of the molecule is CC/C=C\C/C=C\C/C=C\C/C=C\CCCCC(=O)OC[C@H](COC(=O)CCC/C=C\C/C=C\C/C=C\C/C=C\CCCCC)OC(=O)CCC/C=C\C/C=C\C/C=C\C/C=C\CCCCC. The zero-order valence-electron chi connectivity index (χ0n) is 42.6. The molecule has 0 aliphatic rings. The minimum atomic E-state index is -0.852. The maximum atomic E-state index is 12.8. The van der Waals surface area contributed by atoms with Crippen LogP contribution in [0.3, 0.4) is 0 Å². The average Bonchev–Trinajstić information content (AvgIpc) is 3.33. The molecule has 67 heavy (non-hydrogen) atoms. The highest BCUT2D eigenvalue weighted by Crippen LogP contribution is 2.09. The molecule has 374 valence electrons. The van der Waals surface area contributed by atoms with Gasteiger partial charge in [0.05, 0.1) is 0 Å². The molecule has 0 radical (unpaired) electrons. The molecule has 0 unspecified atom stereocenters. The van der Waals surface area contributed by atoms with Crippen molar-refractivity contribution in [3.63, 3.8) is 0 Å². The van der Waals surface area contributed by atoms with E-state index in [1.54, 1.807) is 0 Å². The highest BCUT2D eigenvalue weighted by Gasteiger charge is 2.19. The first kappa shape index (κ1) is 62.3. The molecule has 0 spiro atoms. The zero-order valence-corrected chi connectivity index (χ0v) is 42.6.